The van der Waals surface area contributed by atoms with E-state index in [9.17, 15) is 0 Å². The van der Waals surface area contributed by atoms with Gasteiger partial charge in [-0.3, -0.25) is 0 Å². The fourth-order valence-electron chi connectivity index (χ4n) is 3.99. The first-order chi connectivity index (χ1) is 8.76. The smallest absolute Gasteiger partial charge is 0.0121 e. The highest BCUT2D eigenvalue weighted by molar-refractivity contribution is 4.85. The zero-order valence-electron chi connectivity index (χ0n) is 13.2. The van der Waals surface area contributed by atoms with Gasteiger partial charge in [-0.25, -0.2) is 0 Å². The van der Waals surface area contributed by atoms with Crippen molar-refractivity contribution in [3.63, 3.8) is 0 Å². The quantitative estimate of drug-likeness (QED) is 0.641. The lowest BCUT2D eigenvalue weighted by molar-refractivity contribution is 0.164. The summed E-state index contributed by atoms with van der Waals surface area (Å²) in [6.07, 6.45) is 12.8. The van der Waals surface area contributed by atoms with Gasteiger partial charge < -0.3 is 5.32 Å². The standard InChI is InChI=1S/C17H35N/c1-5-8-11-15(7-3)17(18-4)16-12-9-10-14(6-2)13-16/h14-18H,5-13H2,1-4H3. The summed E-state index contributed by atoms with van der Waals surface area (Å²) in [5.41, 5.74) is 0. The van der Waals surface area contributed by atoms with Gasteiger partial charge in [0.25, 0.3) is 0 Å². The molecule has 0 aliphatic heterocycles. The van der Waals surface area contributed by atoms with Crippen LogP contribution in [0, 0.1) is 17.8 Å². The predicted octanol–water partition coefficient (Wildman–Crippen LogP) is 5.01. The Morgan fingerprint density at radius 2 is 1.94 bits per heavy atom. The Morgan fingerprint density at radius 3 is 2.50 bits per heavy atom. The summed E-state index contributed by atoms with van der Waals surface area (Å²) < 4.78 is 0. The van der Waals surface area contributed by atoms with Crippen LogP contribution in [0.25, 0.3) is 0 Å². The fraction of sp³-hybridized carbons (Fsp3) is 1.00. The molecule has 0 spiro atoms. The maximum atomic E-state index is 3.68. The normalized spacial score (nSPS) is 28.0. The van der Waals surface area contributed by atoms with Crippen LogP contribution >= 0.6 is 0 Å². The predicted molar refractivity (Wildman–Crippen MR) is 81.9 cm³/mol. The summed E-state index contributed by atoms with van der Waals surface area (Å²) in [5, 5.41) is 3.68. The average Bonchev–Trinajstić information content (AvgIpc) is 2.43. The lowest BCUT2D eigenvalue weighted by Crippen LogP contribution is -2.42. The van der Waals surface area contributed by atoms with E-state index in [0.717, 1.165) is 23.8 Å². The first-order valence-corrected chi connectivity index (χ1v) is 8.43. The second-order valence-electron chi connectivity index (χ2n) is 6.33. The van der Waals surface area contributed by atoms with Crippen molar-refractivity contribution in [2.24, 2.45) is 17.8 Å². The van der Waals surface area contributed by atoms with Gasteiger partial charge in [0.2, 0.25) is 0 Å². The lowest BCUT2D eigenvalue weighted by atomic mass is 9.72. The molecule has 0 heterocycles. The minimum absolute atomic E-state index is 0.774. The van der Waals surface area contributed by atoms with E-state index in [1.54, 1.807) is 0 Å². The highest BCUT2D eigenvalue weighted by Gasteiger charge is 2.30. The van der Waals surface area contributed by atoms with Gasteiger partial charge in [-0.1, -0.05) is 59.3 Å². The Hall–Kier alpha value is -0.0400. The molecule has 0 amide bonds. The zero-order valence-corrected chi connectivity index (χ0v) is 13.2. The average molecular weight is 253 g/mol. The third kappa shape index (κ3) is 4.57. The maximum Gasteiger partial charge on any atom is 0.0121 e. The number of hydrogen-bond acceptors (Lipinski definition) is 1. The third-order valence-corrected chi connectivity index (χ3v) is 5.20. The molecule has 1 aliphatic rings. The van der Waals surface area contributed by atoms with Crippen molar-refractivity contribution in [3.8, 4) is 0 Å². The first kappa shape index (κ1) is 16.0. The van der Waals surface area contributed by atoms with Gasteiger partial charge in [0.15, 0.2) is 0 Å². The van der Waals surface area contributed by atoms with Crippen LogP contribution in [-0.2, 0) is 0 Å². The molecule has 0 radical (unpaired) electrons. The molecule has 0 bridgehead atoms. The molecule has 1 rings (SSSR count). The third-order valence-electron chi connectivity index (χ3n) is 5.20. The maximum absolute atomic E-state index is 3.68. The molecule has 0 aromatic rings. The molecule has 1 nitrogen and oxygen atoms in total. The van der Waals surface area contributed by atoms with Gasteiger partial charge in [0.05, 0.1) is 0 Å². The molecule has 1 saturated carbocycles. The number of unbranched alkanes of at least 4 members (excludes halogenated alkanes) is 1. The molecule has 1 aliphatic carbocycles. The summed E-state index contributed by atoms with van der Waals surface area (Å²) in [7, 11) is 2.19. The molecule has 18 heavy (non-hydrogen) atoms. The minimum atomic E-state index is 0.774. The van der Waals surface area contributed by atoms with Crippen molar-refractivity contribution < 1.29 is 0 Å². The van der Waals surface area contributed by atoms with Crippen molar-refractivity contribution in [1.29, 1.82) is 0 Å². The minimum Gasteiger partial charge on any atom is -0.316 e. The van der Waals surface area contributed by atoms with Crippen LogP contribution in [0.15, 0.2) is 0 Å². The van der Waals surface area contributed by atoms with Crippen molar-refractivity contribution in [1.82, 2.24) is 5.32 Å². The van der Waals surface area contributed by atoms with Crippen molar-refractivity contribution in [2.75, 3.05) is 7.05 Å². The van der Waals surface area contributed by atoms with Gasteiger partial charge in [-0.2, -0.15) is 0 Å². The van der Waals surface area contributed by atoms with E-state index in [2.05, 4.69) is 33.1 Å². The molecular formula is C17H35N. The second-order valence-corrected chi connectivity index (χ2v) is 6.33. The molecule has 0 saturated heterocycles. The van der Waals surface area contributed by atoms with Gasteiger partial charge >= 0.3 is 0 Å². The van der Waals surface area contributed by atoms with Crippen LogP contribution in [0.5, 0.6) is 0 Å². The Morgan fingerprint density at radius 1 is 1.17 bits per heavy atom. The number of rotatable bonds is 8. The number of hydrogen-bond donors (Lipinski definition) is 1. The molecule has 1 N–H and O–H groups in total. The van der Waals surface area contributed by atoms with Crippen LogP contribution in [0.1, 0.15) is 78.6 Å². The summed E-state index contributed by atoms with van der Waals surface area (Å²) in [5.74, 6) is 2.84. The number of nitrogens with one attached hydrogen (secondary N) is 1. The van der Waals surface area contributed by atoms with E-state index < -0.39 is 0 Å². The second kappa shape index (κ2) is 8.96. The highest BCUT2D eigenvalue weighted by Crippen LogP contribution is 2.36. The highest BCUT2D eigenvalue weighted by atomic mass is 14.9. The van der Waals surface area contributed by atoms with E-state index >= 15 is 0 Å². The van der Waals surface area contributed by atoms with Gasteiger partial charge in [0.1, 0.15) is 0 Å². The van der Waals surface area contributed by atoms with Crippen LogP contribution < -0.4 is 5.32 Å². The molecule has 0 aromatic carbocycles. The van der Waals surface area contributed by atoms with Gasteiger partial charge in [-0.15, -0.1) is 0 Å². The van der Waals surface area contributed by atoms with E-state index in [1.807, 2.05) is 0 Å². The van der Waals surface area contributed by atoms with Crippen LogP contribution in [-0.4, -0.2) is 13.1 Å². The van der Waals surface area contributed by atoms with E-state index in [1.165, 1.54) is 57.8 Å². The Kier molecular flexibility index (Phi) is 7.97. The van der Waals surface area contributed by atoms with Crippen LogP contribution in [0.3, 0.4) is 0 Å². The van der Waals surface area contributed by atoms with E-state index in [4.69, 9.17) is 0 Å². The summed E-state index contributed by atoms with van der Waals surface area (Å²) >= 11 is 0. The summed E-state index contributed by atoms with van der Waals surface area (Å²) in [6.45, 7) is 7.06. The first-order valence-electron chi connectivity index (χ1n) is 8.43. The fourth-order valence-corrected chi connectivity index (χ4v) is 3.99. The largest absolute Gasteiger partial charge is 0.316 e. The molecule has 0 aromatic heterocycles. The molecule has 1 fully saturated rings. The Balaban J connectivity index is 2.56. The summed E-state index contributed by atoms with van der Waals surface area (Å²) in [6, 6.07) is 0.774. The van der Waals surface area contributed by atoms with E-state index in [0.29, 0.717) is 0 Å². The summed E-state index contributed by atoms with van der Waals surface area (Å²) in [4.78, 5) is 0. The molecule has 4 atom stereocenters. The molecule has 4 unspecified atom stereocenters. The molecule has 108 valence electrons. The van der Waals surface area contributed by atoms with Crippen molar-refractivity contribution >= 4 is 0 Å². The topological polar surface area (TPSA) is 12.0 Å². The zero-order chi connectivity index (χ0) is 13.4. The van der Waals surface area contributed by atoms with Crippen LogP contribution in [0.4, 0.5) is 0 Å². The Labute approximate surface area is 115 Å². The molecule has 1 heteroatoms. The Bertz CT molecular complexity index is 202. The van der Waals surface area contributed by atoms with Crippen molar-refractivity contribution in [2.45, 2.75) is 84.6 Å². The lowest BCUT2D eigenvalue weighted by Gasteiger charge is -2.38. The van der Waals surface area contributed by atoms with Crippen LogP contribution in [0.2, 0.25) is 0 Å². The SMILES string of the molecule is CCCCC(CC)C(NC)C1CCCC(CC)C1. The van der Waals surface area contributed by atoms with Gasteiger partial charge in [0, 0.05) is 6.04 Å². The van der Waals surface area contributed by atoms with Gasteiger partial charge in [-0.05, 0) is 44.1 Å². The van der Waals surface area contributed by atoms with Crippen molar-refractivity contribution in [3.05, 3.63) is 0 Å². The molecular weight excluding hydrogens is 218 g/mol. The monoisotopic (exact) mass is 253 g/mol. The van der Waals surface area contributed by atoms with E-state index in [-0.39, 0.29) is 0 Å².